The minimum atomic E-state index is -0.276. The summed E-state index contributed by atoms with van der Waals surface area (Å²) in [6.45, 7) is 2.29. The molecule has 31 heavy (non-hydrogen) atoms. The monoisotopic (exact) mass is 433 g/mol. The minimum Gasteiger partial charge on any atom is -0.484 e. The first-order chi connectivity index (χ1) is 15.0. The van der Waals surface area contributed by atoms with Crippen molar-refractivity contribution in [3.63, 3.8) is 0 Å². The lowest BCUT2D eigenvalue weighted by molar-refractivity contribution is -0.118. The lowest BCUT2D eigenvalue weighted by Crippen LogP contribution is -2.22. The Balaban J connectivity index is 1.49. The zero-order chi connectivity index (χ0) is 21.8. The Hall–Kier alpha value is -3.64. The maximum Gasteiger partial charge on any atom is 0.262 e. The standard InChI is InChI=1S/C24H20ClN3O3/c1-2-28-23(27-21-6-4-3-5-20(21)24(28)30)16-7-13-19(14-8-16)31-15-22(29)26-18-11-9-17(25)10-12-18/h3-14H,2,15H2,1H3,(H,26,29). The number of carbonyl (C=O) groups excluding carboxylic acids is 1. The van der Waals surface area contributed by atoms with Gasteiger partial charge in [-0.3, -0.25) is 14.2 Å². The summed E-state index contributed by atoms with van der Waals surface area (Å²) in [5.41, 5.74) is 2.03. The first kappa shape index (κ1) is 20.6. The van der Waals surface area contributed by atoms with Crippen LogP contribution in [0.3, 0.4) is 0 Å². The lowest BCUT2D eigenvalue weighted by atomic mass is 10.1. The van der Waals surface area contributed by atoms with E-state index in [9.17, 15) is 9.59 Å². The molecule has 0 fully saturated rings. The third-order valence-corrected chi connectivity index (χ3v) is 5.04. The van der Waals surface area contributed by atoms with E-state index in [1.54, 1.807) is 47.0 Å². The molecule has 1 heterocycles. The van der Waals surface area contributed by atoms with E-state index in [1.165, 1.54) is 0 Å². The van der Waals surface area contributed by atoms with Crippen molar-refractivity contribution in [3.05, 3.63) is 88.2 Å². The van der Waals surface area contributed by atoms with Crippen molar-refractivity contribution in [1.82, 2.24) is 9.55 Å². The average molecular weight is 434 g/mol. The second kappa shape index (κ2) is 9.02. The van der Waals surface area contributed by atoms with Crippen molar-refractivity contribution in [2.75, 3.05) is 11.9 Å². The van der Waals surface area contributed by atoms with E-state index in [1.807, 2.05) is 37.3 Å². The van der Waals surface area contributed by atoms with Gasteiger partial charge in [-0.1, -0.05) is 23.7 Å². The molecule has 0 saturated carbocycles. The molecule has 0 atom stereocenters. The van der Waals surface area contributed by atoms with Crippen LogP contribution in [-0.2, 0) is 11.3 Å². The number of carbonyl (C=O) groups is 1. The molecule has 4 rings (SSSR count). The summed E-state index contributed by atoms with van der Waals surface area (Å²) in [7, 11) is 0. The summed E-state index contributed by atoms with van der Waals surface area (Å²) in [6.07, 6.45) is 0. The summed E-state index contributed by atoms with van der Waals surface area (Å²) in [5, 5.41) is 3.94. The van der Waals surface area contributed by atoms with E-state index in [2.05, 4.69) is 10.3 Å². The maximum absolute atomic E-state index is 12.8. The van der Waals surface area contributed by atoms with Crippen LogP contribution in [0.4, 0.5) is 5.69 Å². The number of amides is 1. The topological polar surface area (TPSA) is 73.2 Å². The largest absolute Gasteiger partial charge is 0.484 e. The molecule has 156 valence electrons. The third kappa shape index (κ3) is 4.59. The highest BCUT2D eigenvalue weighted by molar-refractivity contribution is 6.30. The Morgan fingerprint density at radius 2 is 1.74 bits per heavy atom. The fourth-order valence-electron chi connectivity index (χ4n) is 3.26. The molecule has 0 saturated heterocycles. The minimum absolute atomic E-state index is 0.0673. The quantitative estimate of drug-likeness (QED) is 0.476. The number of ether oxygens (including phenoxy) is 1. The number of hydrogen-bond donors (Lipinski definition) is 1. The van der Waals surface area contributed by atoms with Crippen LogP contribution in [0.5, 0.6) is 5.75 Å². The van der Waals surface area contributed by atoms with E-state index >= 15 is 0 Å². The van der Waals surface area contributed by atoms with E-state index in [-0.39, 0.29) is 18.1 Å². The van der Waals surface area contributed by atoms with Crippen LogP contribution in [0.25, 0.3) is 22.3 Å². The summed E-state index contributed by atoms with van der Waals surface area (Å²) >= 11 is 5.84. The Morgan fingerprint density at radius 3 is 2.45 bits per heavy atom. The van der Waals surface area contributed by atoms with Crippen LogP contribution in [0.15, 0.2) is 77.6 Å². The number of halogens is 1. The van der Waals surface area contributed by atoms with Gasteiger partial charge < -0.3 is 10.1 Å². The molecular formula is C24H20ClN3O3. The molecule has 4 aromatic rings. The molecule has 1 aromatic heterocycles. The van der Waals surface area contributed by atoms with Crippen molar-refractivity contribution >= 4 is 34.1 Å². The van der Waals surface area contributed by atoms with E-state index in [0.717, 1.165) is 5.56 Å². The number of rotatable bonds is 6. The molecule has 0 aliphatic carbocycles. The number of nitrogens with one attached hydrogen (secondary N) is 1. The van der Waals surface area contributed by atoms with Gasteiger partial charge >= 0.3 is 0 Å². The van der Waals surface area contributed by atoms with Gasteiger partial charge in [-0.05, 0) is 67.6 Å². The van der Waals surface area contributed by atoms with E-state index < -0.39 is 0 Å². The first-order valence-corrected chi connectivity index (χ1v) is 10.2. The average Bonchev–Trinajstić information content (AvgIpc) is 2.79. The predicted molar refractivity (Wildman–Crippen MR) is 123 cm³/mol. The second-order valence-corrected chi connectivity index (χ2v) is 7.31. The second-order valence-electron chi connectivity index (χ2n) is 6.87. The van der Waals surface area contributed by atoms with Gasteiger partial charge in [-0.25, -0.2) is 4.98 Å². The summed E-state index contributed by atoms with van der Waals surface area (Å²) in [6, 6.07) is 21.3. The number of nitrogens with zero attached hydrogens (tertiary/aromatic N) is 2. The third-order valence-electron chi connectivity index (χ3n) is 4.79. The van der Waals surface area contributed by atoms with Crippen LogP contribution in [-0.4, -0.2) is 22.1 Å². The Kier molecular flexibility index (Phi) is 6.00. The Morgan fingerprint density at radius 1 is 1.03 bits per heavy atom. The Labute approximate surface area is 184 Å². The van der Waals surface area contributed by atoms with E-state index in [0.29, 0.717) is 39.7 Å². The van der Waals surface area contributed by atoms with Gasteiger partial charge in [0.2, 0.25) is 0 Å². The van der Waals surface area contributed by atoms with Gasteiger partial charge in [0.05, 0.1) is 10.9 Å². The van der Waals surface area contributed by atoms with Crippen molar-refractivity contribution in [2.24, 2.45) is 0 Å². The van der Waals surface area contributed by atoms with Crippen LogP contribution in [0, 0.1) is 0 Å². The molecule has 0 unspecified atom stereocenters. The number of benzene rings is 3. The first-order valence-electron chi connectivity index (χ1n) is 9.83. The van der Waals surface area contributed by atoms with Gasteiger partial charge in [-0.15, -0.1) is 0 Å². The highest BCUT2D eigenvalue weighted by atomic mass is 35.5. The normalized spacial score (nSPS) is 10.8. The molecule has 0 aliphatic heterocycles. The molecule has 1 amide bonds. The van der Waals surface area contributed by atoms with Gasteiger partial charge in [0, 0.05) is 22.8 Å². The van der Waals surface area contributed by atoms with Crippen LogP contribution >= 0.6 is 11.6 Å². The predicted octanol–water partition coefficient (Wildman–Crippen LogP) is 4.75. The highest BCUT2D eigenvalue weighted by Gasteiger charge is 2.12. The Bertz CT molecular complexity index is 1280. The zero-order valence-electron chi connectivity index (χ0n) is 16.8. The van der Waals surface area contributed by atoms with Gasteiger partial charge in [0.1, 0.15) is 11.6 Å². The maximum atomic E-state index is 12.8. The van der Waals surface area contributed by atoms with E-state index in [4.69, 9.17) is 16.3 Å². The highest BCUT2D eigenvalue weighted by Crippen LogP contribution is 2.22. The zero-order valence-corrected chi connectivity index (χ0v) is 17.6. The summed E-state index contributed by atoms with van der Waals surface area (Å²) < 4.78 is 7.23. The smallest absolute Gasteiger partial charge is 0.262 e. The summed E-state index contributed by atoms with van der Waals surface area (Å²) in [4.78, 5) is 29.6. The lowest BCUT2D eigenvalue weighted by Gasteiger charge is -2.12. The van der Waals surface area contributed by atoms with Crippen molar-refractivity contribution < 1.29 is 9.53 Å². The van der Waals surface area contributed by atoms with Crippen molar-refractivity contribution in [1.29, 1.82) is 0 Å². The van der Waals surface area contributed by atoms with Crippen molar-refractivity contribution in [2.45, 2.75) is 13.5 Å². The molecule has 0 radical (unpaired) electrons. The summed E-state index contributed by atoms with van der Waals surface area (Å²) in [5.74, 6) is 0.863. The van der Waals surface area contributed by atoms with Gasteiger partial charge in [0.15, 0.2) is 6.61 Å². The molecule has 0 bridgehead atoms. The molecule has 0 spiro atoms. The van der Waals surface area contributed by atoms with Crippen LogP contribution < -0.4 is 15.6 Å². The molecule has 0 aliphatic rings. The van der Waals surface area contributed by atoms with Gasteiger partial charge in [-0.2, -0.15) is 0 Å². The number of anilines is 1. The fourth-order valence-corrected chi connectivity index (χ4v) is 3.39. The molecule has 1 N–H and O–H groups in total. The molecule has 3 aromatic carbocycles. The molecular weight excluding hydrogens is 414 g/mol. The SMILES string of the molecule is CCn1c(-c2ccc(OCC(=O)Nc3ccc(Cl)cc3)cc2)nc2ccccc2c1=O. The van der Waals surface area contributed by atoms with Crippen molar-refractivity contribution in [3.8, 4) is 17.1 Å². The number of fused-ring (bicyclic) bond motifs is 1. The number of hydrogen-bond acceptors (Lipinski definition) is 4. The number of para-hydroxylation sites is 1. The number of aromatic nitrogens is 2. The molecule has 6 nitrogen and oxygen atoms in total. The molecule has 7 heteroatoms. The fraction of sp³-hybridized carbons (Fsp3) is 0.125. The van der Waals surface area contributed by atoms with Crippen LogP contribution in [0.1, 0.15) is 6.92 Å². The van der Waals surface area contributed by atoms with Crippen LogP contribution in [0.2, 0.25) is 5.02 Å². The van der Waals surface area contributed by atoms with Gasteiger partial charge in [0.25, 0.3) is 11.5 Å².